The summed E-state index contributed by atoms with van der Waals surface area (Å²) < 4.78 is 15.1. The number of hydrogen-bond donors (Lipinski definition) is 2. The predicted molar refractivity (Wildman–Crippen MR) is 64.1 cm³/mol. The molecule has 0 bridgehead atoms. The summed E-state index contributed by atoms with van der Waals surface area (Å²) in [6.45, 7) is 0.0716. The highest BCUT2D eigenvalue weighted by molar-refractivity contribution is 5.95. The van der Waals surface area contributed by atoms with E-state index in [2.05, 4.69) is 20.1 Å². The molecule has 0 spiro atoms. The molecular formula is C11H12N4O4. The van der Waals surface area contributed by atoms with Gasteiger partial charge < -0.3 is 20.4 Å². The first-order chi connectivity index (χ1) is 9.24. The van der Waals surface area contributed by atoms with Gasteiger partial charge in [0.15, 0.2) is 17.2 Å². The number of nitrogens with two attached hydrogens (primary N) is 1. The minimum Gasteiger partial charge on any atom is -0.497 e. The molecule has 0 saturated heterocycles. The van der Waals surface area contributed by atoms with Crippen molar-refractivity contribution < 1.29 is 19.3 Å². The van der Waals surface area contributed by atoms with E-state index in [1.807, 2.05) is 0 Å². The van der Waals surface area contributed by atoms with Crippen molar-refractivity contribution in [3.8, 4) is 11.5 Å². The molecule has 0 fully saturated rings. The SMILES string of the molecule is COc1cccc(OCc2nonc2/C(N)=N/O)c1. The first-order valence-corrected chi connectivity index (χ1v) is 5.30. The van der Waals surface area contributed by atoms with Gasteiger partial charge in [0.25, 0.3) is 0 Å². The van der Waals surface area contributed by atoms with Gasteiger partial charge in [-0.15, -0.1) is 0 Å². The molecule has 0 atom stereocenters. The number of hydrogen-bond acceptors (Lipinski definition) is 7. The number of oxime groups is 1. The molecular weight excluding hydrogens is 252 g/mol. The van der Waals surface area contributed by atoms with E-state index in [-0.39, 0.29) is 18.1 Å². The summed E-state index contributed by atoms with van der Waals surface area (Å²) in [5.41, 5.74) is 5.89. The quantitative estimate of drug-likeness (QED) is 0.354. The highest BCUT2D eigenvalue weighted by atomic mass is 16.6. The third-order valence-electron chi connectivity index (χ3n) is 2.32. The molecule has 0 aliphatic carbocycles. The predicted octanol–water partition coefficient (Wildman–Crippen LogP) is 0.752. The van der Waals surface area contributed by atoms with Crippen LogP contribution in [-0.4, -0.2) is 28.5 Å². The Bertz CT molecular complexity index is 582. The Morgan fingerprint density at radius 3 is 2.95 bits per heavy atom. The first-order valence-electron chi connectivity index (χ1n) is 5.30. The smallest absolute Gasteiger partial charge is 0.194 e. The molecule has 100 valence electrons. The van der Waals surface area contributed by atoms with Crippen LogP contribution in [0, 0.1) is 0 Å². The minimum atomic E-state index is -0.189. The fraction of sp³-hybridized carbons (Fsp3) is 0.182. The molecule has 0 unspecified atom stereocenters. The summed E-state index contributed by atoms with van der Waals surface area (Å²) in [7, 11) is 1.57. The molecule has 0 saturated carbocycles. The van der Waals surface area contributed by atoms with Crippen LogP contribution in [0.1, 0.15) is 11.4 Å². The van der Waals surface area contributed by atoms with Gasteiger partial charge in [-0.3, -0.25) is 0 Å². The van der Waals surface area contributed by atoms with Gasteiger partial charge in [0.2, 0.25) is 0 Å². The second-order valence-corrected chi connectivity index (χ2v) is 3.51. The molecule has 0 aliphatic rings. The van der Waals surface area contributed by atoms with E-state index in [0.717, 1.165) is 0 Å². The van der Waals surface area contributed by atoms with E-state index in [4.69, 9.17) is 20.4 Å². The molecule has 3 N–H and O–H groups in total. The molecule has 0 aliphatic heterocycles. The van der Waals surface area contributed by atoms with Gasteiger partial charge in [0.1, 0.15) is 18.1 Å². The first kappa shape index (κ1) is 12.7. The number of ether oxygens (including phenoxy) is 2. The molecule has 0 radical (unpaired) electrons. The summed E-state index contributed by atoms with van der Waals surface area (Å²) in [6.07, 6.45) is 0. The number of aromatic nitrogens is 2. The van der Waals surface area contributed by atoms with Crippen molar-refractivity contribution in [3.05, 3.63) is 35.7 Å². The minimum absolute atomic E-state index is 0.0716. The van der Waals surface area contributed by atoms with Crippen LogP contribution in [-0.2, 0) is 6.61 Å². The Hall–Kier alpha value is -2.77. The normalized spacial score (nSPS) is 11.3. The molecule has 8 nitrogen and oxygen atoms in total. The molecule has 2 rings (SSSR count). The molecule has 1 aromatic heterocycles. The Morgan fingerprint density at radius 2 is 2.21 bits per heavy atom. The molecule has 0 amide bonds. The molecule has 2 aromatic rings. The van der Waals surface area contributed by atoms with Crippen molar-refractivity contribution in [2.24, 2.45) is 10.9 Å². The number of nitrogens with zero attached hydrogens (tertiary/aromatic N) is 3. The van der Waals surface area contributed by atoms with Crippen LogP contribution in [0.5, 0.6) is 11.5 Å². The fourth-order valence-corrected chi connectivity index (χ4v) is 1.39. The zero-order valence-corrected chi connectivity index (χ0v) is 10.1. The zero-order chi connectivity index (χ0) is 13.7. The number of methoxy groups -OCH3 is 1. The van der Waals surface area contributed by atoms with Crippen LogP contribution in [0.3, 0.4) is 0 Å². The zero-order valence-electron chi connectivity index (χ0n) is 10.1. The Labute approximate surface area is 108 Å². The van der Waals surface area contributed by atoms with Crippen LogP contribution in [0.25, 0.3) is 0 Å². The van der Waals surface area contributed by atoms with Crippen molar-refractivity contribution >= 4 is 5.84 Å². The lowest BCUT2D eigenvalue weighted by molar-refractivity contribution is 0.269. The maximum absolute atomic E-state index is 8.58. The second kappa shape index (κ2) is 5.71. The van der Waals surface area contributed by atoms with Crippen LogP contribution in [0.2, 0.25) is 0 Å². The van der Waals surface area contributed by atoms with Crippen molar-refractivity contribution in [1.82, 2.24) is 10.3 Å². The van der Waals surface area contributed by atoms with E-state index < -0.39 is 0 Å². The Morgan fingerprint density at radius 1 is 1.42 bits per heavy atom. The van der Waals surface area contributed by atoms with Crippen molar-refractivity contribution in [2.75, 3.05) is 7.11 Å². The average molecular weight is 264 g/mol. The van der Waals surface area contributed by atoms with Gasteiger partial charge in [0.05, 0.1) is 7.11 Å². The maximum atomic E-state index is 8.58. The topological polar surface area (TPSA) is 116 Å². The monoisotopic (exact) mass is 264 g/mol. The van der Waals surface area contributed by atoms with Gasteiger partial charge >= 0.3 is 0 Å². The van der Waals surface area contributed by atoms with Crippen molar-refractivity contribution in [1.29, 1.82) is 0 Å². The lowest BCUT2D eigenvalue weighted by Crippen LogP contribution is -2.16. The standard InChI is InChI=1S/C11H12N4O4/c1-17-7-3-2-4-8(5-7)18-6-9-10(11(12)13-16)15-19-14-9/h2-5,16H,6H2,1H3,(H2,12,13). The van der Waals surface area contributed by atoms with Crippen molar-refractivity contribution in [3.63, 3.8) is 0 Å². The highest BCUT2D eigenvalue weighted by Crippen LogP contribution is 2.20. The second-order valence-electron chi connectivity index (χ2n) is 3.51. The van der Waals surface area contributed by atoms with Crippen LogP contribution < -0.4 is 15.2 Å². The van der Waals surface area contributed by atoms with Gasteiger partial charge in [0, 0.05) is 6.07 Å². The molecule has 8 heteroatoms. The van der Waals surface area contributed by atoms with E-state index in [9.17, 15) is 0 Å². The fourth-order valence-electron chi connectivity index (χ4n) is 1.39. The van der Waals surface area contributed by atoms with Crippen LogP contribution >= 0.6 is 0 Å². The van der Waals surface area contributed by atoms with E-state index >= 15 is 0 Å². The number of benzene rings is 1. The molecule has 1 heterocycles. The van der Waals surface area contributed by atoms with Gasteiger partial charge in [-0.25, -0.2) is 4.63 Å². The average Bonchev–Trinajstić information content (AvgIpc) is 2.93. The Kier molecular flexibility index (Phi) is 3.81. The van der Waals surface area contributed by atoms with Gasteiger partial charge in [-0.05, 0) is 17.3 Å². The maximum Gasteiger partial charge on any atom is 0.194 e. The highest BCUT2D eigenvalue weighted by Gasteiger charge is 2.15. The lowest BCUT2D eigenvalue weighted by Gasteiger charge is -2.06. The van der Waals surface area contributed by atoms with Gasteiger partial charge in [-0.1, -0.05) is 16.4 Å². The molecule has 1 aromatic carbocycles. The van der Waals surface area contributed by atoms with Crippen LogP contribution in [0.4, 0.5) is 0 Å². The lowest BCUT2D eigenvalue weighted by atomic mass is 10.3. The number of rotatable bonds is 5. The summed E-state index contributed by atoms with van der Waals surface area (Å²) >= 11 is 0. The van der Waals surface area contributed by atoms with E-state index in [1.54, 1.807) is 31.4 Å². The Balaban J connectivity index is 2.08. The largest absolute Gasteiger partial charge is 0.497 e. The summed E-state index contributed by atoms with van der Waals surface area (Å²) in [5.74, 6) is 1.07. The summed E-state index contributed by atoms with van der Waals surface area (Å²) in [6, 6.07) is 7.07. The van der Waals surface area contributed by atoms with Gasteiger partial charge in [-0.2, -0.15) is 0 Å². The van der Waals surface area contributed by atoms with Crippen molar-refractivity contribution in [2.45, 2.75) is 6.61 Å². The summed E-state index contributed by atoms with van der Waals surface area (Å²) in [4.78, 5) is 0. The third kappa shape index (κ3) is 2.92. The third-order valence-corrected chi connectivity index (χ3v) is 2.32. The van der Waals surface area contributed by atoms with E-state index in [1.165, 1.54) is 0 Å². The molecule has 19 heavy (non-hydrogen) atoms. The van der Waals surface area contributed by atoms with E-state index in [0.29, 0.717) is 17.2 Å². The summed E-state index contributed by atoms with van der Waals surface area (Å²) in [5, 5.41) is 18.6. The van der Waals surface area contributed by atoms with Crippen LogP contribution in [0.15, 0.2) is 34.1 Å². The number of amidine groups is 1.